The number of sulfonamides is 1. The molecule has 0 saturated heterocycles. The van der Waals surface area contributed by atoms with E-state index in [1.165, 1.54) is 11.8 Å². The molecule has 0 radical (unpaired) electrons. The van der Waals surface area contributed by atoms with Gasteiger partial charge in [-0.05, 0) is 35.1 Å². The Morgan fingerprint density at radius 3 is 3.13 bits per heavy atom. The molecule has 3 heterocycles. The van der Waals surface area contributed by atoms with Crippen molar-refractivity contribution in [3.8, 4) is 0 Å². The lowest BCUT2D eigenvalue weighted by atomic mass is 10.0. The third-order valence-electron chi connectivity index (χ3n) is 3.82. The number of anilines is 1. The average molecular weight is 369 g/mol. The average Bonchev–Trinajstić information content (AvgIpc) is 3.06. The van der Waals surface area contributed by atoms with Gasteiger partial charge in [0.2, 0.25) is 0 Å². The molecular formula is C14H13ClN4O2S2. The molecule has 120 valence electrons. The standard InChI is InChI=1S/C14H13ClN4O2S2/c15-12-13(19-5-6-22-14(19)17-12)23(20,21)18-11-2-1-10-8-16-4-3-9(10)7-11/h1-2,5-8,12-13,18H,3-4H2. The first-order valence-corrected chi connectivity index (χ1v) is 9.89. The highest BCUT2D eigenvalue weighted by molar-refractivity contribution is 8.16. The van der Waals surface area contributed by atoms with Gasteiger partial charge in [0.15, 0.2) is 16.0 Å². The van der Waals surface area contributed by atoms with Crippen molar-refractivity contribution >= 4 is 50.5 Å². The summed E-state index contributed by atoms with van der Waals surface area (Å²) in [6, 6.07) is 5.46. The van der Waals surface area contributed by atoms with Gasteiger partial charge in [0, 0.05) is 24.6 Å². The number of amidine groups is 1. The fourth-order valence-electron chi connectivity index (χ4n) is 2.76. The van der Waals surface area contributed by atoms with Crippen molar-refractivity contribution in [2.75, 3.05) is 11.3 Å². The molecule has 6 nitrogen and oxygen atoms in total. The Labute approximate surface area is 143 Å². The molecule has 3 aliphatic heterocycles. The molecule has 23 heavy (non-hydrogen) atoms. The molecule has 0 fully saturated rings. The van der Waals surface area contributed by atoms with Crippen molar-refractivity contribution in [3.63, 3.8) is 0 Å². The fourth-order valence-corrected chi connectivity index (χ4v) is 5.69. The van der Waals surface area contributed by atoms with Gasteiger partial charge in [-0.1, -0.05) is 29.4 Å². The summed E-state index contributed by atoms with van der Waals surface area (Å²) < 4.78 is 28.1. The van der Waals surface area contributed by atoms with Crippen LogP contribution >= 0.6 is 23.4 Å². The predicted molar refractivity (Wildman–Crippen MR) is 94.6 cm³/mol. The number of hydrogen-bond donors (Lipinski definition) is 1. The minimum atomic E-state index is -3.71. The fraction of sp³-hybridized carbons (Fsp3) is 0.286. The Hall–Kier alpha value is -1.51. The zero-order valence-corrected chi connectivity index (χ0v) is 14.3. The van der Waals surface area contributed by atoms with Crippen LogP contribution in [0.25, 0.3) is 0 Å². The van der Waals surface area contributed by atoms with Crippen LogP contribution in [0.15, 0.2) is 39.8 Å². The Morgan fingerprint density at radius 1 is 1.39 bits per heavy atom. The molecule has 3 aliphatic rings. The summed E-state index contributed by atoms with van der Waals surface area (Å²) in [5, 5.41) is 1.47. The van der Waals surface area contributed by atoms with Gasteiger partial charge in [-0.25, -0.2) is 13.4 Å². The third kappa shape index (κ3) is 2.64. The molecule has 1 N–H and O–H groups in total. The van der Waals surface area contributed by atoms with Gasteiger partial charge in [-0.2, -0.15) is 0 Å². The highest BCUT2D eigenvalue weighted by Gasteiger charge is 2.45. The molecule has 0 amide bonds. The normalized spacial score (nSPS) is 25.3. The molecule has 4 rings (SSSR count). The number of halogens is 1. The van der Waals surface area contributed by atoms with Crippen molar-refractivity contribution in [2.24, 2.45) is 9.98 Å². The van der Waals surface area contributed by atoms with Crippen molar-refractivity contribution < 1.29 is 8.42 Å². The Balaban J connectivity index is 1.61. The highest BCUT2D eigenvalue weighted by atomic mass is 35.5. The molecule has 0 aromatic heterocycles. The molecule has 2 atom stereocenters. The number of nitrogens with zero attached hydrogens (tertiary/aromatic N) is 3. The van der Waals surface area contributed by atoms with Crippen LogP contribution in [-0.4, -0.2) is 42.1 Å². The molecule has 0 spiro atoms. The minimum Gasteiger partial charge on any atom is -0.305 e. The van der Waals surface area contributed by atoms with Crippen molar-refractivity contribution in [3.05, 3.63) is 40.9 Å². The maximum absolute atomic E-state index is 12.7. The van der Waals surface area contributed by atoms with Crippen LogP contribution in [0.1, 0.15) is 11.1 Å². The number of alkyl halides is 1. The van der Waals surface area contributed by atoms with Gasteiger partial charge < -0.3 is 4.90 Å². The monoisotopic (exact) mass is 368 g/mol. The van der Waals surface area contributed by atoms with E-state index in [1.54, 1.807) is 22.6 Å². The summed E-state index contributed by atoms with van der Waals surface area (Å²) in [7, 11) is -3.71. The van der Waals surface area contributed by atoms with Gasteiger partial charge in [0.05, 0.1) is 0 Å². The summed E-state index contributed by atoms with van der Waals surface area (Å²) >= 11 is 7.50. The second-order valence-electron chi connectivity index (χ2n) is 5.33. The van der Waals surface area contributed by atoms with E-state index in [9.17, 15) is 8.42 Å². The molecule has 9 heteroatoms. The van der Waals surface area contributed by atoms with Gasteiger partial charge in [-0.3, -0.25) is 9.71 Å². The summed E-state index contributed by atoms with van der Waals surface area (Å²) in [6.07, 6.45) is 4.32. The van der Waals surface area contributed by atoms with Crippen molar-refractivity contribution in [2.45, 2.75) is 17.3 Å². The Morgan fingerprint density at radius 2 is 2.26 bits per heavy atom. The van der Waals surface area contributed by atoms with Gasteiger partial charge in [0.1, 0.15) is 0 Å². The maximum atomic E-state index is 12.7. The van der Waals surface area contributed by atoms with Crippen LogP contribution in [0.3, 0.4) is 0 Å². The lowest BCUT2D eigenvalue weighted by Crippen LogP contribution is -2.42. The number of fused-ring (bicyclic) bond motifs is 2. The lowest BCUT2D eigenvalue weighted by molar-refractivity contribution is 0.504. The summed E-state index contributed by atoms with van der Waals surface area (Å²) in [4.78, 5) is 9.99. The number of benzene rings is 1. The number of rotatable bonds is 3. The van der Waals surface area contributed by atoms with Crippen LogP contribution in [-0.2, 0) is 16.4 Å². The van der Waals surface area contributed by atoms with E-state index in [-0.39, 0.29) is 0 Å². The van der Waals surface area contributed by atoms with Crippen LogP contribution in [0.5, 0.6) is 0 Å². The van der Waals surface area contributed by atoms with E-state index in [1.807, 2.05) is 18.3 Å². The summed E-state index contributed by atoms with van der Waals surface area (Å²) in [5.41, 5.74) is 1.82. The van der Waals surface area contributed by atoms with Crippen LogP contribution in [0.2, 0.25) is 0 Å². The molecule has 0 bridgehead atoms. The lowest BCUT2D eigenvalue weighted by Gasteiger charge is -2.23. The third-order valence-corrected chi connectivity index (χ3v) is 6.73. The molecular weight excluding hydrogens is 356 g/mol. The van der Waals surface area contributed by atoms with E-state index in [0.29, 0.717) is 10.9 Å². The van der Waals surface area contributed by atoms with E-state index in [0.717, 1.165) is 24.1 Å². The Kier molecular flexibility index (Phi) is 3.62. The summed E-state index contributed by atoms with van der Waals surface area (Å²) in [5.74, 6) is 0. The quantitative estimate of drug-likeness (QED) is 0.655. The second kappa shape index (κ2) is 5.54. The number of hydrogen-bond acceptors (Lipinski definition) is 6. The summed E-state index contributed by atoms with van der Waals surface area (Å²) in [6.45, 7) is 0.725. The number of nitrogens with one attached hydrogen (secondary N) is 1. The van der Waals surface area contributed by atoms with Crippen LogP contribution < -0.4 is 4.72 Å². The molecule has 2 unspecified atom stereocenters. The zero-order chi connectivity index (χ0) is 16.0. The zero-order valence-electron chi connectivity index (χ0n) is 11.9. The molecule has 0 saturated carbocycles. The smallest absolute Gasteiger partial charge is 0.257 e. The first-order valence-electron chi connectivity index (χ1n) is 7.02. The predicted octanol–water partition coefficient (Wildman–Crippen LogP) is 2.18. The Bertz CT molecular complexity index is 850. The highest BCUT2D eigenvalue weighted by Crippen LogP contribution is 2.35. The molecule has 1 aromatic rings. The largest absolute Gasteiger partial charge is 0.305 e. The SMILES string of the molecule is O=S(=O)(Nc1ccc2c(c1)CCN=C2)C1C(Cl)N=C2SC=CN21. The first-order chi connectivity index (χ1) is 11.0. The number of aliphatic imine (C=N–C) groups is 2. The van der Waals surface area contributed by atoms with Gasteiger partial charge in [0.25, 0.3) is 10.0 Å². The van der Waals surface area contributed by atoms with Crippen LogP contribution in [0.4, 0.5) is 5.69 Å². The minimum absolute atomic E-state index is 0.534. The molecule has 1 aromatic carbocycles. The topological polar surface area (TPSA) is 74.1 Å². The van der Waals surface area contributed by atoms with Gasteiger partial charge >= 0.3 is 0 Å². The van der Waals surface area contributed by atoms with Crippen molar-refractivity contribution in [1.82, 2.24) is 4.90 Å². The maximum Gasteiger partial charge on any atom is 0.257 e. The second-order valence-corrected chi connectivity index (χ2v) is 8.43. The number of thioether (sulfide) groups is 1. The first kappa shape index (κ1) is 15.0. The van der Waals surface area contributed by atoms with Crippen molar-refractivity contribution in [1.29, 1.82) is 0 Å². The molecule has 0 aliphatic carbocycles. The van der Waals surface area contributed by atoms with E-state index in [2.05, 4.69) is 14.7 Å². The van der Waals surface area contributed by atoms with E-state index >= 15 is 0 Å². The van der Waals surface area contributed by atoms with E-state index in [4.69, 9.17) is 11.6 Å². The van der Waals surface area contributed by atoms with Crippen LogP contribution in [0, 0.1) is 0 Å². The van der Waals surface area contributed by atoms with Gasteiger partial charge in [-0.15, -0.1) is 0 Å². The van der Waals surface area contributed by atoms with E-state index < -0.39 is 20.9 Å².